The van der Waals surface area contributed by atoms with E-state index in [9.17, 15) is 0 Å². The quantitative estimate of drug-likeness (QED) is 0.176. The van der Waals surface area contributed by atoms with Gasteiger partial charge in [-0.25, -0.2) is 0 Å². The summed E-state index contributed by atoms with van der Waals surface area (Å²) in [5.74, 6) is 0. The number of benzene rings is 8. The highest BCUT2D eigenvalue weighted by atomic mass is 15.0. The zero-order chi connectivity index (χ0) is 41.7. The minimum atomic E-state index is -0.533. The molecule has 0 aliphatic carbocycles. The van der Waals surface area contributed by atoms with Crippen LogP contribution in [0.25, 0.3) is 88.4 Å². The first-order valence-corrected chi connectivity index (χ1v) is 16.4. The lowest BCUT2D eigenvalue weighted by atomic mass is 9.87. The molecule has 0 atom stereocenters. The normalized spacial score (nSPS) is 14.4. The van der Waals surface area contributed by atoms with Gasteiger partial charge in [0.1, 0.15) is 0 Å². The second-order valence-corrected chi connectivity index (χ2v) is 12.2. The Morgan fingerprint density at radius 2 is 0.840 bits per heavy atom. The van der Waals surface area contributed by atoms with Crippen LogP contribution in [-0.2, 0) is 0 Å². The molecule has 2 aromatic heterocycles. The van der Waals surface area contributed by atoms with E-state index in [0.717, 1.165) is 55.0 Å². The van der Waals surface area contributed by atoms with Gasteiger partial charge in [-0.1, -0.05) is 139 Å². The molecule has 2 heteroatoms. The fourth-order valence-electron chi connectivity index (χ4n) is 7.41. The maximum atomic E-state index is 8.95. The van der Waals surface area contributed by atoms with Gasteiger partial charge in [-0.3, -0.25) is 0 Å². The average molecular weight is 647 g/mol. The number of hydrogen-bond acceptors (Lipinski definition) is 0. The van der Waals surface area contributed by atoms with Gasteiger partial charge in [0.05, 0.1) is 35.8 Å². The van der Waals surface area contributed by atoms with E-state index in [1.807, 2.05) is 66.7 Å². The van der Waals surface area contributed by atoms with E-state index in [2.05, 4.69) is 57.7 Å². The summed E-state index contributed by atoms with van der Waals surface area (Å²) in [4.78, 5) is 0. The number of rotatable bonds is 5. The lowest BCUT2D eigenvalue weighted by Crippen LogP contribution is -1.95. The third kappa shape index (κ3) is 4.43. The highest BCUT2D eigenvalue weighted by Crippen LogP contribution is 2.43. The maximum Gasteiger partial charge on any atom is 0.0629 e. The second kappa shape index (κ2) is 11.5. The van der Waals surface area contributed by atoms with Crippen molar-refractivity contribution in [2.45, 2.75) is 0 Å². The zero-order valence-corrected chi connectivity index (χ0v) is 26.6. The molecule has 0 saturated carbocycles. The van der Waals surface area contributed by atoms with Gasteiger partial charge in [0.25, 0.3) is 0 Å². The van der Waals surface area contributed by atoms with Gasteiger partial charge in [-0.05, 0) is 88.0 Å². The van der Waals surface area contributed by atoms with Gasteiger partial charge in [0.15, 0.2) is 0 Å². The van der Waals surface area contributed by atoms with Gasteiger partial charge in [0, 0.05) is 32.9 Å². The molecule has 0 amide bonds. The first-order chi connectivity index (χ1) is 29.0. The largest absolute Gasteiger partial charge is 0.309 e. The van der Waals surface area contributed by atoms with Gasteiger partial charge < -0.3 is 9.13 Å². The minimum Gasteiger partial charge on any atom is -0.309 e. The van der Waals surface area contributed by atoms with E-state index in [1.165, 1.54) is 0 Å². The van der Waals surface area contributed by atoms with Crippen molar-refractivity contribution in [3.05, 3.63) is 194 Å². The SMILES string of the molecule is [2H]c1c([2H])c([2H])c(-c2cccc(-c3c([2H])c([2H])c([2H])c([2H])c3[2H])c2-c2ccc3c(c2)c2ccccc2n3-c2ccc3c(c2)c2ccccc2n3-c2ccccc2)c([2H])c1[2H]. The molecule has 50 heavy (non-hydrogen) atoms. The molecule has 10 aromatic rings. The molecule has 0 saturated heterocycles. The molecule has 8 aromatic carbocycles. The average Bonchev–Trinajstić information content (AvgIpc) is 3.79. The number of fused-ring (bicyclic) bond motifs is 6. The molecule has 2 heterocycles. The van der Waals surface area contributed by atoms with Crippen LogP contribution in [0.1, 0.15) is 13.7 Å². The molecule has 0 unspecified atom stereocenters. The van der Waals surface area contributed by atoms with Crippen molar-refractivity contribution in [2.24, 2.45) is 0 Å². The fourth-order valence-corrected chi connectivity index (χ4v) is 7.41. The van der Waals surface area contributed by atoms with E-state index in [0.29, 0.717) is 11.1 Å². The van der Waals surface area contributed by atoms with E-state index >= 15 is 0 Å². The molecule has 0 fully saturated rings. The topological polar surface area (TPSA) is 9.86 Å². The molecule has 234 valence electrons. The Kier molecular flexibility index (Phi) is 4.60. The third-order valence-corrected chi connectivity index (χ3v) is 9.49. The highest BCUT2D eigenvalue weighted by molar-refractivity contribution is 6.13. The predicted molar refractivity (Wildman–Crippen MR) is 211 cm³/mol. The van der Waals surface area contributed by atoms with Crippen LogP contribution in [0.4, 0.5) is 0 Å². The zero-order valence-electron chi connectivity index (χ0n) is 36.6. The van der Waals surface area contributed by atoms with E-state index in [-0.39, 0.29) is 22.3 Å². The van der Waals surface area contributed by atoms with Crippen molar-refractivity contribution in [3.63, 3.8) is 0 Å². The summed E-state index contributed by atoms with van der Waals surface area (Å²) in [6, 6.07) is 39.2. The van der Waals surface area contributed by atoms with Crippen molar-refractivity contribution in [1.29, 1.82) is 0 Å². The Balaban J connectivity index is 1.26. The summed E-state index contributed by atoms with van der Waals surface area (Å²) in [5.41, 5.74) is 7.33. The Hall–Kier alpha value is -6.64. The van der Waals surface area contributed by atoms with E-state index < -0.39 is 60.4 Å². The van der Waals surface area contributed by atoms with Crippen LogP contribution in [0.3, 0.4) is 0 Å². The van der Waals surface area contributed by atoms with Crippen LogP contribution < -0.4 is 0 Å². The van der Waals surface area contributed by atoms with E-state index in [4.69, 9.17) is 13.7 Å². The predicted octanol–water partition coefficient (Wildman–Crippen LogP) is 12.9. The number of aromatic nitrogens is 2. The van der Waals surface area contributed by atoms with E-state index in [1.54, 1.807) is 18.2 Å². The van der Waals surface area contributed by atoms with Crippen molar-refractivity contribution >= 4 is 43.6 Å². The molecule has 10 rings (SSSR count). The maximum absolute atomic E-state index is 8.95. The van der Waals surface area contributed by atoms with Gasteiger partial charge in [0.2, 0.25) is 0 Å². The van der Waals surface area contributed by atoms with Gasteiger partial charge in [-0.15, -0.1) is 0 Å². The van der Waals surface area contributed by atoms with Crippen molar-refractivity contribution in [3.8, 4) is 44.8 Å². The van der Waals surface area contributed by atoms with Crippen LogP contribution in [0.15, 0.2) is 194 Å². The lowest BCUT2D eigenvalue weighted by Gasteiger charge is -2.17. The number of nitrogens with zero attached hydrogens (tertiary/aromatic N) is 2. The Bertz CT molecular complexity index is 3300. The molecular formula is C48H32N2. The Morgan fingerprint density at radius 3 is 1.46 bits per heavy atom. The lowest BCUT2D eigenvalue weighted by molar-refractivity contribution is 1.17. The molecule has 0 bridgehead atoms. The summed E-state index contributed by atoms with van der Waals surface area (Å²) >= 11 is 0. The summed E-state index contributed by atoms with van der Waals surface area (Å²) in [6.45, 7) is 0. The molecular weight excluding hydrogens is 605 g/mol. The highest BCUT2D eigenvalue weighted by Gasteiger charge is 2.19. The van der Waals surface area contributed by atoms with Gasteiger partial charge >= 0.3 is 0 Å². The third-order valence-electron chi connectivity index (χ3n) is 9.49. The van der Waals surface area contributed by atoms with Gasteiger partial charge in [-0.2, -0.15) is 0 Å². The molecule has 0 spiro atoms. The standard InChI is InChI=1S/C48H32N2/c1-4-15-33(16-5-1)38-23-14-24-39(34-17-6-2-7-18-34)48(38)35-27-29-46-42(31-35)40-21-10-13-26-45(40)50(46)37-28-30-47-43(32-37)41-22-11-12-25-44(41)49(47)36-19-8-3-9-20-36/h1-32H/i1D,2D,4D,5D,6D,7D,15D,16D,17D,18D. The first kappa shape index (κ1) is 20.0. The van der Waals surface area contributed by atoms with Crippen LogP contribution in [0.2, 0.25) is 0 Å². The Labute approximate surface area is 304 Å². The van der Waals surface area contributed by atoms with Crippen molar-refractivity contribution in [1.82, 2.24) is 9.13 Å². The fraction of sp³-hybridized carbons (Fsp3) is 0. The molecule has 0 radical (unpaired) electrons. The number of hydrogen-bond donors (Lipinski definition) is 0. The first-order valence-electron chi connectivity index (χ1n) is 21.4. The van der Waals surface area contributed by atoms with Crippen LogP contribution in [-0.4, -0.2) is 9.13 Å². The van der Waals surface area contributed by atoms with Crippen LogP contribution in [0, 0.1) is 0 Å². The summed E-state index contributed by atoms with van der Waals surface area (Å²) < 4.78 is 90.8. The van der Waals surface area contributed by atoms with Crippen molar-refractivity contribution in [2.75, 3.05) is 0 Å². The monoisotopic (exact) mass is 646 g/mol. The molecule has 0 aliphatic rings. The smallest absolute Gasteiger partial charge is 0.0629 e. The van der Waals surface area contributed by atoms with Crippen LogP contribution in [0.5, 0.6) is 0 Å². The second-order valence-electron chi connectivity index (χ2n) is 12.2. The Morgan fingerprint density at radius 1 is 0.340 bits per heavy atom. The summed E-state index contributed by atoms with van der Waals surface area (Å²) in [7, 11) is 0. The summed E-state index contributed by atoms with van der Waals surface area (Å²) in [5, 5.41) is 4.00. The number of para-hydroxylation sites is 3. The molecule has 0 aliphatic heterocycles. The minimum absolute atomic E-state index is 0.0595. The molecule has 0 N–H and O–H groups in total. The van der Waals surface area contributed by atoms with Crippen molar-refractivity contribution < 1.29 is 13.7 Å². The molecule has 2 nitrogen and oxygen atoms in total. The summed E-state index contributed by atoms with van der Waals surface area (Å²) in [6.07, 6.45) is 0. The van der Waals surface area contributed by atoms with Crippen LogP contribution >= 0.6 is 0 Å².